The Kier molecular flexibility index (Phi) is 6.77. The fourth-order valence-corrected chi connectivity index (χ4v) is 4.54. The molecule has 1 atom stereocenters. The van der Waals surface area contributed by atoms with Crippen molar-refractivity contribution in [3.05, 3.63) is 24.3 Å². The van der Waals surface area contributed by atoms with Crippen molar-refractivity contribution in [1.82, 2.24) is 4.90 Å². The predicted octanol–water partition coefficient (Wildman–Crippen LogP) is 2.71. The topological polar surface area (TPSA) is 66.9 Å². The summed E-state index contributed by atoms with van der Waals surface area (Å²) in [4.78, 5) is 41.4. The number of hydrogen-bond donors (Lipinski definition) is 0. The standard InChI is InChI=1S/C20H26N2O4S/c1-2-26-20(25)15-7-5-11-21(13-15)18(23)10-6-12-22-16-8-3-4-9-17(16)27-14-19(22)24/h3-4,8-9,15H,2,5-7,10-14H2,1H3/t15-/m1/s1. The van der Waals surface area contributed by atoms with Crippen LogP contribution in [0.3, 0.4) is 0 Å². The van der Waals surface area contributed by atoms with Gasteiger partial charge in [-0.15, -0.1) is 11.8 Å². The smallest absolute Gasteiger partial charge is 0.310 e. The van der Waals surface area contributed by atoms with Crippen molar-refractivity contribution in [3.8, 4) is 0 Å². The molecule has 146 valence electrons. The number of para-hydroxylation sites is 1. The number of piperidine rings is 1. The highest BCUT2D eigenvalue weighted by Gasteiger charge is 2.29. The molecule has 1 fully saturated rings. The monoisotopic (exact) mass is 390 g/mol. The van der Waals surface area contributed by atoms with Crippen LogP contribution >= 0.6 is 11.8 Å². The van der Waals surface area contributed by atoms with E-state index in [0.717, 1.165) is 23.4 Å². The Morgan fingerprint density at radius 2 is 2.11 bits per heavy atom. The number of likely N-dealkylation sites (tertiary alicyclic amines) is 1. The number of nitrogens with zero attached hydrogens (tertiary/aromatic N) is 2. The van der Waals surface area contributed by atoms with E-state index in [1.165, 1.54) is 0 Å². The molecule has 2 amide bonds. The van der Waals surface area contributed by atoms with Crippen molar-refractivity contribution in [3.63, 3.8) is 0 Å². The summed E-state index contributed by atoms with van der Waals surface area (Å²) >= 11 is 1.56. The maximum absolute atomic E-state index is 12.6. The highest BCUT2D eigenvalue weighted by Crippen LogP contribution is 2.35. The molecular formula is C20H26N2O4S. The molecule has 0 N–H and O–H groups in total. The quantitative estimate of drug-likeness (QED) is 0.699. The summed E-state index contributed by atoms with van der Waals surface area (Å²) in [5, 5.41) is 0. The van der Waals surface area contributed by atoms with Crippen molar-refractivity contribution in [2.45, 2.75) is 37.5 Å². The van der Waals surface area contributed by atoms with Gasteiger partial charge in [-0.05, 0) is 38.3 Å². The highest BCUT2D eigenvalue weighted by molar-refractivity contribution is 8.00. The molecule has 0 saturated carbocycles. The first-order chi connectivity index (χ1) is 13.1. The number of fused-ring (bicyclic) bond motifs is 1. The Morgan fingerprint density at radius 3 is 2.93 bits per heavy atom. The lowest BCUT2D eigenvalue weighted by Gasteiger charge is -2.32. The van der Waals surface area contributed by atoms with E-state index in [4.69, 9.17) is 4.74 Å². The highest BCUT2D eigenvalue weighted by atomic mass is 32.2. The number of carbonyl (C=O) groups excluding carboxylic acids is 3. The minimum absolute atomic E-state index is 0.0520. The van der Waals surface area contributed by atoms with E-state index in [2.05, 4.69) is 0 Å². The van der Waals surface area contributed by atoms with Gasteiger partial charge in [-0.25, -0.2) is 0 Å². The van der Waals surface area contributed by atoms with Gasteiger partial charge in [0.25, 0.3) is 0 Å². The van der Waals surface area contributed by atoms with Gasteiger partial charge in [-0.2, -0.15) is 0 Å². The zero-order chi connectivity index (χ0) is 19.2. The minimum atomic E-state index is -0.213. The molecule has 3 rings (SSSR count). The summed E-state index contributed by atoms with van der Waals surface area (Å²) < 4.78 is 5.09. The summed E-state index contributed by atoms with van der Waals surface area (Å²) in [5.41, 5.74) is 0.937. The Balaban J connectivity index is 1.51. The van der Waals surface area contributed by atoms with Gasteiger partial charge in [0.2, 0.25) is 11.8 Å². The van der Waals surface area contributed by atoms with Crippen LogP contribution in [0.5, 0.6) is 0 Å². The molecule has 0 aliphatic carbocycles. The van der Waals surface area contributed by atoms with Crippen LogP contribution in [0.2, 0.25) is 0 Å². The molecule has 6 nitrogen and oxygen atoms in total. The number of amides is 2. The lowest BCUT2D eigenvalue weighted by Crippen LogP contribution is -2.43. The second-order valence-corrected chi connectivity index (χ2v) is 7.85. The Hall–Kier alpha value is -2.02. The fourth-order valence-electron chi connectivity index (χ4n) is 3.60. The summed E-state index contributed by atoms with van der Waals surface area (Å²) in [5.74, 6) is 0.166. The molecule has 0 aromatic heterocycles. The summed E-state index contributed by atoms with van der Waals surface area (Å²) in [7, 11) is 0. The first kappa shape index (κ1) is 19.7. The van der Waals surface area contributed by atoms with Gasteiger partial charge in [-0.1, -0.05) is 12.1 Å². The molecule has 1 saturated heterocycles. The van der Waals surface area contributed by atoms with Crippen molar-refractivity contribution in [2.75, 3.05) is 36.9 Å². The number of benzene rings is 1. The fraction of sp³-hybridized carbons (Fsp3) is 0.550. The zero-order valence-corrected chi connectivity index (χ0v) is 16.5. The van der Waals surface area contributed by atoms with Crippen LogP contribution in [0.4, 0.5) is 5.69 Å². The third-order valence-electron chi connectivity index (χ3n) is 4.97. The number of thioether (sulfide) groups is 1. The van der Waals surface area contributed by atoms with Crippen LogP contribution in [-0.2, 0) is 19.1 Å². The number of ether oxygens (including phenoxy) is 1. The van der Waals surface area contributed by atoms with E-state index in [1.54, 1.807) is 28.5 Å². The van der Waals surface area contributed by atoms with Crippen molar-refractivity contribution in [2.24, 2.45) is 5.92 Å². The van der Waals surface area contributed by atoms with Gasteiger partial charge in [-0.3, -0.25) is 14.4 Å². The zero-order valence-electron chi connectivity index (χ0n) is 15.7. The van der Waals surface area contributed by atoms with Crippen LogP contribution in [0.25, 0.3) is 0 Å². The normalized spacial score (nSPS) is 19.6. The van der Waals surface area contributed by atoms with Crippen LogP contribution in [0.15, 0.2) is 29.2 Å². The molecule has 2 heterocycles. The van der Waals surface area contributed by atoms with Gasteiger partial charge in [0.1, 0.15) is 0 Å². The molecule has 0 bridgehead atoms. The summed E-state index contributed by atoms with van der Waals surface area (Å²) in [6.45, 7) is 3.84. The Morgan fingerprint density at radius 1 is 1.30 bits per heavy atom. The largest absolute Gasteiger partial charge is 0.466 e. The molecular weight excluding hydrogens is 364 g/mol. The van der Waals surface area contributed by atoms with E-state index in [0.29, 0.717) is 44.8 Å². The van der Waals surface area contributed by atoms with Crippen LogP contribution in [-0.4, -0.2) is 54.7 Å². The number of anilines is 1. The lowest BCUT2D eigenvalue weighted by molar-refractivity contribution is -0.151. The van der Waals surface area contributed by atoms with Gasteiger partial charge in [0.05, 0.1) is 24.0 Å². The van der Waals surface area contributed by atoms with E-state index in [-0.39, 0.29) is 23.7 Å². The average molecular weight is 391 g/mol. The predicted molar refractivity (Wildman–Crippen MR) is 105 cm³/mol. The molecule has 2 aliphatic heterocycles. The number of esters is 1. The first-order valence-electron chi connectivity index (χ1n) is 9.56. The van der Waals surface area contributed by atoms with Crippen LogP contribution in [0, 0.1) is 5.92 Å². The van der Waals surface area contributed by atoms with Crippen molar-refractivity contribution < 1.29 is 19.1 Å². The first-order valence-corrected chi connectivity index (χ1v) is 10.5. The molecule has 1 aromatic rings. The number of rotatable bonds is 6. The summed E-state index contributed by atoms with van der Waals surface area (Å²) in [6.07, 6.45) is 2.60. The molecule has 1 aromatic carbocycles. The van der Waals surface area contributed by atoms with Crippen molar-refractivity contribution >= 4 is 35.2 Å². The Labute approximate surface area is 164 Å². The molecule has 2 aliphatic rings. The second kappa shape index (κ2) is 9.26. The summed E-state index contributed by atoms with van der Waals surface area (Å²) in [6, 6.07) is 7.88. The van der Waals surface area contributed by atoms with E-state index in [1.807, 2.05) is 24.3 Å². The third-order valence-corrected chi connectivity index (χ3v) is 6.02. The molecule has 27 heavy (non-hydrogen) atoms. The molecule has 0 spiro atoms. The van der Waals surface area contributed by atoms with Crippen molar-refractivity contribution in [1.29, 1.82) is 0 Å². The van der Waals surface area contributed by atoms with Gasteiger partial charge in [0.15, 0.2) is 0 Å². The lowest BCUT2D eigenvalue weighted by atomic mass is 9.98. The number of hydrogen-bond acceptors (Lipinski definition) is 5. The van der Waals surface area contributed by atoms with E-state index < -0.39 is 0 Å². The van der Waals surface area contributed by atoms with Crippen LogP contribution in [0.1, 0.15) is 32.6 Å². The molecule has 0 radical (unpaired) electrons. The Bertz CT molecular complexity index is 709. The SMILES string of the molecule is CCOC(=O)[C@@H]1CCCN(C(=O)CCCN2C(=O)CSc3ccccc32)C1. The molecule has 7 heteroatoms. The van der Waals surface area contributed by atoms with E-state index in [9.17, 15) is 14.4 Å². The molecule has 0 unspecified atom stereocenters. The van der Waals surface area contributed by atoms with Gasteiger partial charge in [0, 0.05) is 31.0 Å². The maximum atomic E-state index is 12.6. The second-order valence-electron chi connectivity index (χ2n) is 6.84. The average Bonchev–Trinajstić information content (AvgIpc) is 2.70. The maximum Gasteiger partial charge on any atom is 0.310 e. The minimum Gasteiger partial charge on any atom is -0.466 e. The number of carbonyl (C=O) groups is 3. The van der Waals surface area contributed by atoms with Gasteiger partial charge >= 0.3 is 5.97 Å². The third kappa shape index (κ3) is 4.83. The van der Waals surface area contributed by atoms with Crippen LogP contribution < -0.4 is 4.90 Å². The van der Waals surface area contributed by atoms with E-state index >= 15 is 0 Å². The van der Waals surface area contributed by atoms with Gasteiger partial charge < -0.3 is 14.5 Å².